The average molecular weight is 297 g/mol. The van der Waals surface area contributed by atoms with Crippen molar-refractivity contribution in [1.82, 2.24) is 14.7 Å². The van der Waals surface area contributed by atoms with Gasteiger partial charge in [-0.05, 0) is 50.0 Å². The maximum absolute atomic E-state index is 14.0. The zero-order valence-electron chi connectivity index (χ0n) is 11.1. The lowest BCUT2D eigenvalue weighted by Gasteiger charge is -2.20. The normalized spacial score (nSPS) is 11.8. The molecule has 0 spiro atoms. The molecule has 0 amide bonds. The lowest BCUT2D eigenvalue weighted by molar-refractivity contribution is 0.423. The molecule has 0 atom stereocenters. The van der Waals surface area contributed by atoms with Gasteiger partial charge in [0.2, 0.25) is 0 Å². The second-order valence-corrected chi connectivity index (χ2v) is 7.25. The number of hydrogen-bond donors (Lipinski definition) is 1. The number of hydrogen-bond acceptors (Lipinski definition) is 5. The van der Waals surface area contributed by atoms with E-state index < -0.39 is 0 Å². The van der Waals surface area contributed by atoms with Crippen LogP contribution < -0.4 is 5.32 Å². The third-order valence-corrected chi connectivity index (χ3v) is 4.12. The third kappa shape index (κ3) is 4.56. The van der Waals surface area contributed by atoms with Crippen LogP contribution in [0.3, 0.4) is 0 Å². The summed E-state index contributed by atoms with van der Waals surface area (Å²) in [5.41, 5.74) is 0.963. The Kier molecular flexibility index (Phi) is 4.54. The Morgan fingerprint density at radius 3 is 2.74 bits per heavy atom. The van der Waals surface area contributed by atoms with Crippen LogP contribution in [0.5, 0.6) is 0 Å². The molecule has 0 aliphatic carbocycles. The Morgan fingerprint density at radius 2 is 2.16 bits per heavy atom. The van der Waals surface area contributed by atoms with Crippen molar-refractivity contribution in [1.29, 1.82) is 0 Å². The summed E-state index contributed by atoms with van der Waals surface area (Å²) in [7, 11) is 0. The molecule has 0 saturated carbocycles. The fraction of sp³-hybridized carbons (Fsp3) is 0.385. The van der Waals surface area contributed by atoms with Gasteiger partial charge in [0.25, 0.3) is 0 Å². The monoisotopic (exact) mass is 297 g/mol. The highest BCUT2D eigenvalue weighted by Gasteiger charge is 2.11. The second kappa shape index (κ2) is 5.98. The van der Waals surface area contributed by atoms with E-state index in [1.165, 1.54) is 29.6 Å². The molecular weight excluding hydrogens is 281 g/mol. The number of benzene rings is 1. The topological polar surface area (TPSA) is 37.8 Å². The largest absolute Gasteiger partial charge is 0.308 e. The Bertz CT molecular complexity index is 535. The molecule has 0 fully saturated rings. The van der Waals surface area contributed by atoms with Crippen molar-refractivity contribution in [2.24, 2.45) is 0 Å². The van der Waals surface area contributed by atoms with E-state index in [0.717, 1.165) is 9.90 Å². The summed E-state index contributed by atoms with van der Waals surface area (Å²) in [4.78, 5) is 4.61. The van der Waals surface area contributed by atoms with E-state index in [0.29, 0.717) is 11.4 Å². The predicted octanol–water partition coefficient (Wildman–Crippen LogP) is 3.72. The molecule has 2 rings (SSSR count). The van der Waals surface area contributed by atoms with Gasteiger partial charge in [0.1, 0.15) is 12.1 Å². The van der Waals surface area contributed by atoms with Crippen LogP contribution in [0, 0.1) is 5.82 Å². The van der Waals surface area contributed by atoms with Crippen molar-refractivity contribution in [2.45, 2.75) is 42.1 Å². The average Bonchev–Trinajstić information content (AvgIpc) is 2.81. The molecule has 6 heteroatoms. The van der Waals surface area contributed by atoms with Crippen LogP contribution in [-0.2, 0) is 6.54 Å². The van der Waals surface area contributed by atoms with Crippen molar-refractivity contribution in [3.8, 4) is 0 Å². The van der Waals surface area contributed by atoms with Crippen LogP contribution in [-0.4, -0.2) is 14.9 Å². The third-order valence-electron chi connectivity index (χ3n) is 2.36. The Morgan fingerprint density at radius 1 is 1.37 bits per heavy atom. The molecule has 0 unspecified atom stereocenters. The Labute approximate surface area is 120 Å². The first-order chi connectivity index (χ1) is 8.94. The standard InChI is InChI=1S/C13H16FN3S2/c1-13(2,3)16-7-9-4-5-11(10(14)6-9)18-12-15-8-17-19-12/h4-6,8,16H,7H2,1-3H3. The summed E-state index contributed by atoms with van der Waals surface area (Å²) < 4.78 is 18.6. The lowest BCUT2D eigenvalue weighted by atomic mass is 10.1. The van der Waals surface area contributed by atoms with Crippen molar-refractivity contribution >= 4 is 23.3 Å². The molecule has 1 heterocycles. The summed E-state index contributed by atoms with van der Waals surface area (Å²) >= 11 is 2.57. The summed E-state index contributed by atoms with van der Waals surface area (Å²) in [6.45, 7) is 6.92. The first-order valence-corrected chi connectivity index (χ1v) is 7.51. The molecule has 0 radical (unpaired) electrons. The first-order valence-electron chi connectivity index (χ1n) is 5.92. The minimum atomic E-state index is -0.214. The number of halogens is 1. The number of nitrogens with zero attached hydrogens (tertiary/aromatic N) is 2. The van der Waals surface area contributed by atoms with Crippen LogP contribution in [0.1, 0.15) is 26.3 Å². The quantitative estimate of drug-likeness (QED) is 0.933. The number of nitrogens with one attached hydrogen (secondary N) is 1. The van der Waals surface area contributed by atoms with E-state index in [4.69, 9.17) is 0 Å². The Hall–Kier alpha value is -0.980. The molecule has 19 heavy (non-hydrogen) atoms. The van der Waals surface area contributed by atoms with Gasteiger partial charge in [-0.25, -0.2) is 9.37 Å². The highest BCUT2D eigenvalue weighted by atomic mass is 32.2. The summed E-state index contributed by atoms with van der Waals surface area (Å²) in [5, 5.41) is 3.34. The Balaban J connectivity index is 2.05. The van der Waals surface area contributed by atoms with Crippen LogP contribution in [0.2, 0.25) is 0 Å². The van der Waals surface area contributed by atoms with E-state index in [1.54, 1.807) is 12.1 Å². The molecule has 0 saturated heterocycles. The fourth-order valence-electron chi connectivity index (χ4n) is 1.41. The number of rotatable bonds is 4. The van der Waals surface area contributed by atoms with Crippen LogP contribution in [0.25, 0.3) is 0 Å². The van der Waals surface area contributed by atoms with E-state index in [9.17, 15) is 4.39 Å². The maximum Gasteiger partial charge on any atom is 0.174 e. The van der Waals surface area contributed by atoms with Gasteiger partial charge in [0, 0.05) is 12.1 Å². The zero-order chi connectivity index (χ0) is 13.9. The van der Waals surface area contributed by atoms with Gasteiger partial charge in [-0.1, -0.05) is 17.8 Å². The lowest BCUT2D eigenvalue weighted by Crippen LogP contribution is -2.35. The fourth-order valence-corrected chi connectivity index (χ4v) is 2.81. The summed E-state index contributed by atoms with van der Waals surface area (Å²) in [6.07, 6.45) is 1.48. The highest BCUT2D eigenvalue weighted by molar-refractivity contribution is 8.01. The maximum atomic E-state index is 14.0. The molecule has 1 aromatic carbocycles. The second-order valence-electron chi connectivity index (χ2n) is 5.18. The molecule has 3 nitrogen and oxygen atoms in total. The van der Waals surface area contributed by atoms with Crippen molar-refractivity contribution in [3.63, 3.8) is 0 Å². The molecule has 0 bridgehead atoms. The molecule has 0 aliphatic heterocycles. The molecule has 0 aliphatic rings. The highest BCUT2D eigenvalue weighted by Crippen LogP contribution is 2.30. The van der Waals surface area contributed by atoms with Crippen molar-refractivity contribution < 1.29 is 4.39 Å². The van der Waals surface area contributed by atoms with Gasteiger partial charge >= 0.3 is 0 Å². The molecule has 102 valence electrons. The summed E-state index contributed by atoms with van der Waals surface area (Å²) in [6, 6.07) is 5.30. The van der Waals surface area contributed by atoms with Gasteiger partial charge < -0.3 is 5.32 Å². The van der Waals surface area contributed by atoms with Gasteiger partial charge in [0.15, 0.2) is 4.34 Å². The molecule has 1 N–H and O–H groups in total. The molecular formula is C13H16FN3S2. The van der Waals surface area contributed by atoms with E-state index in [-0.39, 0.29) is 11.4 Å². The van der Waals surface area contributed by atoms with E-state index >= 15 is 0 Å². The van der Waals surface area contributed by atoms with Crippen molar-refractivity contribution in [3.05, 3.63) is 35.9 Å². The van der Waals surface area contributed by atoms with Crippen LogP contribution in [0.15, 0.2) is 33.8 Å². The van der Waals surface area contributed by atoms with Gasteiger partial charge in [0.05, 0.1) is 4.90 Å². The predicted molar refractivity (Wildman–Crippen MR) is 77.0 cm³/mol. The minimum absolute atomic E-state index is 0.0243. The zero-order valence-corrected chi connectivity index (χ0v) is 12.7. The first kappa shape index (κ1) is 14.4. The van der Waals surface area contributed by atoms with Crippen LogP contribution in [0.4, 0.5) is 4.39 Å². The van der Waals surface area contributed by atoms with E-state index in [1.807, 2.05) is 6.07 Å². The summed E-state index contributed by atoms with van der Waals surface area (Å²) in [5.74, 6) is -0.214. The van der Waals surface area contributed by atoms with Crippen molar-refractivity contribution in [2.75, 3.05) is 0 Å². The van der Waals surface area contributed by atoms with Gasteiger partial charge in [-0.15, -0.1) is 0 Å². The minimum Gasteiger partial charge on any atom is -0.308 e. The molecule has 2 aromatic rings. The van der Waals surface area contributed by atoms with E-state index in [2.05, 4.69) is 35.4 Å². The smallest absolute Gasteiger partial charge is 0.174 e. The molecule has 1 aromatic heterocycles. The van der Waals surface area contributed by atoms with Gasteiger partial charge in [-0.3, -0.25) is 0 Å². The SMILES string of the molecule is CC(C)(C)NCc1ccc(Sc2ncns2)c(F)c1. The van der Waals surface area contributed by atoms with Gasteiger partial charge in [-0.2, -0.15) is 4.37 Å². The number of aromatic nitrogens is 2. The van der Waals surface area contributed by atoms with Crippen LogP contribution >= 0.6 is 23.3 Å².